The zero-order valence-corrected chi connectivity index (χ0v) is 16.0. The third kappa shape index (κ3) is 6.38. The van der Waals surface area contributed by atoms with Crippen LogP contribution in [-0.4, -0.2) is 53.1 Å². The summed E-state index contributed by atoms with van der Waals surface area (Å²) in [5.41, 5.74) is 0.587. The summed E-state index contributed by atoms with van der Waals surface area (Å²) in [5.74, 6) is 0.0230. The van der Waals surface area contributed by atoms with Gasteiger partial charge in [0.1, 0.15) is 5.60 Å². The molecule has 0 aromatic carbocycles. The molecule has 1 atom stereocenters. The van der Waals surface area contributed by atoms with Crippen LogP contribution in [0.3, 0.4) is 0 Å². The topological polar surface area (TPSA) is 49.9 Å². The van der Waals surface area contributed by atoms with Crippen molar-refractivity contribution in [3.8, 4) is 0 Å². The third-order valence-corrected chi connectivity index (χ3v) is 4.01. The summed E-state index contributed by atoms with van der Waals surface area (Å²) in [5, 5.41) is 0. The molecule has 1 fully saturated rings. The summed E-state index contributed by atoms with van der Waals surface area (Å²) in [6.07, 6.45) is 7.55. The highest BCUT2D eigenvalue weighted by Crippen LogP contribution is 2.22. The maximum absolute atomic E-state index is 12.4. The fourth-order valence-electron chi connectivity index (χ4n) is 2.82. The van der Waals surface area contributed by atoms with Crippen LogP contribution in [0.1, 0.15) is 54.4 Å². The predicted molar refractivity (Wildman–Crippen MR) is 96.8 cm³/mol. The molecule has 0 aliphatic carbocycles. The van der Waals surface area contributed by atoms with Crippen LogP contribution in [0, 0.1) is 0 Å². The average Bonchev–Trinajstić information content (AvgIpc) is 2.92. The molecular formula is C19H32N2O3. The van der Waals surface area contributed by atoms with Crippen molar-refractivity contribution in [1.82, 2.24) is 9.80 Å². The highest BCUT2D eigenvalue weighted by molar-refractivity contribution is 5.74. The summed E-state index contributed by atoms with van der Waals surface area (Å²) in [4.78, 5) is 28.0. The van der Waals surface area contributed by atoms with E-state index in [9.17, 15) is 9.59 Å². The minimum absolute atomic E-state index is 0.0208. The van der Waals surface area contributed by atoms with Gasteiger partial charge in [-0.15, -0.1) is 0 Å². The van der Waals surface area contributed by atoms with Crippen molar-refractivity contribution in [2.75, 3.05) is 19.6 Å². The first-order valence-electron chi connectivity index (χ1n) is 8.71. The molecule has 0 bridgehead atoms. The maximum Gasteiger partial charge on any atom is 0.410 e. The van der Waals surface area contributed by atoms with Crippen molar-refractivity contribution in [1.29, 1.82) is 0 Å². The largest absolute Gasteiger partial charge is 0.444 e. The second-order valence-electron chi connectivity index (χ2n) is 7.23. The van der Waals surface area contributed by atoms with Gasteiger partial charge in [-0.1, -0.05) is 18.2 Å². The van der Waals surface area contributed by atoms with Crippen molar-refractivity contribution < 1.29 is 14.3 Å². The molecule has 0 spiro atoms. The molecule has 0 N–H and O–H groups in total. The Hall–Kier alpha value is -1.78. The molecule has 1 aliphatic rings. The predicted octanol–water partition coefficient (Wildman–Crippen LogP) is 3.76. The summed E-state index contributed by atoms with van der Waals surface area (Å²) in [7, 11) is 0. The Morgan fingerprint density at radius 2 is 1.96 bits per heavy atom. The van der Waals surface area contributed by atoms with Crippen LogP contribution in [0.2, 0.25) is 0 Å². The zero-order valence-electron chi connectivity index (χ0n) is 16.0. The molecule has 0 aromatic rings. The van der Waals surface area contributed by atoms with Crippen LogP contribution in [0.4, 0.5) is 4.79 Å². The van der Waals surface area contributed by atoms with Crippen molar-refractivity contribution in [2.24, 2.45) is 0 Å². The molecule has 2 amide bonds. The first-order chi connectivity index (χ1) is 11.2. The summed E-state index contributed by atoms with van der Waals surface area (Å²) in [6.45, 7) is 12.9. The number of hydrogen-bond donors (Lipinski definition) is 0. The molecule has 24 heavy (non-hydrogen) atoms. The van der Waals surface area contributed by atoms with Gasteiger partial charge in [0.25, 0.3) is 0 Å². The van der Waals surface area contributed by atoms with Gasteiger partial charge in [-0.05, 0) is 53.0 Å². The summed E-state index contributed by atoms with van der Waals surface area (Å²) in [6, 6.07) is 0.0208. The first-order valence-corrected chi connectivity index (χ1v) is 8.71. The number of likely N-dealkylation sites (tertiary alicyclic amines) is 1. The quantitative estimate of drug-likeness (QED) is 0.718. The normalized spacial score (nSPS) is 19.0. The van der Waals surface area contributed by atoms with E-state index < -0.39 is 5.60 Å². The molecule has 0 radical (unpaired) electrons. The average molecular weight is 336 g/mol. The number of carbonyl (C=O) groups excluding carboxylic acids is 2. The Labute approximate surface area is 146 Å². The van der Waals surface area contributed by atoms with Gasteiger partial charge in [0, 0.05) is 26.6 Å². The molecule has 136 valence electrons. The number of allylic oxidation sites excluding steroid dienone is 2. The summed E-state index contributed by atoms with van der Waals surface area (Å²) < 4.78 is 5.50. The van der Waals surface area contributed by atoms with Crippen molar-refractivity contribution in [3.63, 3.8) is 0 Å². The van der Waals surface area contributed by atoms with Crippen LogP contribution < -0.4 is 0 Å². The van der Waals surface area contributed by atoms with E-state index in [0.29, 0.717) is 19.6 Å². The fraction of sp³-hybridized carbons (Fsp3) is 0.684. The minimum atomic E-state index is -0.505. The highest BCUT2D eigenvalue weighted by atomic mass is 16.6. The monoisotopic (exact) mass is 336 g/mol. The number of rotatable bonds is 5. The van der Waals surface area contributed by atoms with E-state index in [2.05, 4.69) is 0 Å². The van der Waals surface area contributed by atoms with E-state index >= 15 is 0 Å². The lowest BCUT2D eigenvalue weighted by atomic mass is 10.1. The van der Waals surface area contributed by atoms with Crippen LogP contribution in [0.15, 0.2) is 23.8 Å². The first kappa shape index (κ1) is 20.3. The molecule has 1 saturated heterocycles. The molecule has 5 nitrogen and oxygen atoms in total. The van der Waals surface area contributed by atoms with Gasteiger partial charge in [-0.2, -0.15) is 0 Å². The maximum atomic E-state index is 12.4. The molecule has 5 heteroatoms. The van der Waals surface area contributed by atoms with Gasteiger partial charge in [0.2, 0.25) is 5.91 Å². The Balaban J connectivity index is 2.78. The van der Waals surface area contributed by atoms with Gasteiger partial charge in [-0.3, -0.25) is 4.79 Å². The van der Waals surface area contributed by atoms with Crippen LogP contribution >= 0.6 is 0 Å². The molecular weight excluding hydrogens is 304 g/mol. The second kappa shape index (κ2) is 8.90. The van der Waals surface area contributed by atoms with E-state index in [-0.39, 0.29) is 18.0 Å². The number of amides is 2. The Morgan fingerprint density at radius 3 is 2.46 bits per heavy atom. The SMILES string of the molecule is C/C=C\C(=C/C)CN(C[C@@H]1CCCN1C(=O)OC(C)(C)C)C(C)=O. The third-order valence-electron chi connectivity index (χ3n) is 4.01. The van der Waals surface area contributed by atoms with Crippen LogP contribution in [-0.2, 0) is 9.53 Å². The van der Waals surface area contributed by atoms with Gasteiger partial charge in [0.15, 0.2) is 0 Å². The highest BCUT2D eigenvalue weighted by Gasteiger charge is 2.33. The Kier molecular flexibility index (Phi) is 7.52. The molecule has 0 unspecified atom stereocenters. The van der Waals surface area contributed by atoms with E-state index in [1.807, 2.05) is 57.7 Å². The smallest absolute Gasteiger partial charge is 0.410 e. The number of carbonyl (C=O) groups is 2. The zero-order chi connectivity index (χ0) is 18.3. The minimum Gasteiger partial charge on any atom is -0.444 e. The van der Waals surface area contributed by atoms with Crippen molar-refractivity contribution in [2.45, 2.75) is 66.0 Å². The van der Waals surface area contributed by atoms with Gasteiger partial charge in [0.05, 0.1) is 6.04 Å². The van der Waals surface area contributed by atoms with E-state index in [1.165, 1.54) is 0 Å². The Morgan fingerprint density at radius 1 is 1.29 bits per heavy atom. The molecule has 1 rings (SSSR count). The van der Waals surface area contributed by atoms with E-state index in [0.717, 1.165) is 18.4 Å². The Bertz CT molecular complexity index is 503. The lowest BCUT2D eigenvalue weighted by molar-refractivity contribution is -0.129. The lowest BCUT2D eigenvalue weighted by Crippen LogP contribution is -2.46. The molecule has 0 saturated carbocycles. The number of hydrogen-bond acceptors (Lipinski definition) is 3. The summed E-state index contributed by atoms with van der Waals surface area (Å²) >= 11 is 0. The number of nitrogens with zero attached hydrogens (tertiary/aromatic N) is 2. The van der Waals surface area contributed by atoms with Crippen LogP contribution in [0.5, 0.6) is 0 Å². The van der Waals surface area contributed by atoms with Gasteiger partial charge in [-0.25, -0.2) is 4.79 Å². The van der Waals surface area contributed by atoms with Gasteiger partial charge < -0.3 is 14.5 Å². The molecule has 1 heterocycles. The van der Waals surface area contributed by atoms with Crippen molar-refractivity contribution in [3.05, 3.63) is 23.8 Å². The lowest BCUT2D eigenvalue weighted by Gasteiger charge is -2.32. The van der Waals surface area contributed by atoms with E-state index in [1.54, 1.807) is 11.8 Å². The van der Waals surface area contributed by atoms with E-state index in [4.69, 9.17) is 4.74 Å². The van der Waals surface area contributed by atoms with Crippen LogP contribution in [0.25, 0.3) is 0 Å². The second-order valence-corrected chi connectivity index (χ2v) is 7.23. The number of ether oxygens (including phenoxy) is 1. The standard InChI is InChI=1S/C19H32N2O3/c1-7-10-16(8-2)13-20(15(3)22)14-17-11-9-12-21(17)18(23)24-19(4,5)6/h7-8,10,17H,9,11-14H2,1-6H3/b10-7-,16-8+/t17-/m0/s1. The molecule has 0 aromatic heterocycles. The van der Waals surface area contributed by atoms with Crippen molar-refractivity contribution >= 4 is 12.0 Å². The van der Waals surface area contributed by atoms with Gasteiger partial charge >= 0.3 is 6.09 Å². The fourth-order valence-corrected chi connectivity index (χ4v) is 2.82. The molecule has 1 aliphatic heterocycles.